The summed E-state index contributed by atoms with van der Waals surface area (Å²) in [5, 5.41) is 5.51. The maximum absolute atomic E-state index is 6.17. The van der Waals surface area contributed by atoms with Gasteiger partial charge in [0.2, 0.25) is 5.88 Å². The average molecular weight is 408 g/mol. The molecule has 1 aliphatic heterocycles. The molecule has 0 amide bonds. The van der Waals surface area contributed by atoms with E-state index in [1.54, 1.807) is 23.0 Å². The van der Waals surface area contributed by atoms with Crippen LogP contribution >= 0.6 is 0 Å². The molecule has 0 bridgehead atoms. The molecule has 0 aromatic carbocycles. The van der Waals surface area contributed by atoms with Gasteiger partial charge in [-0.2, -0.15) is 0 Å². The van der Waals surface area contributed by atoms with E-state index >= 15 is 0 Å². The molecular formula is C21H24N6O3. The first-order valence-electron chi connectivity index (χ1n) is 10.1. The fourth-order valence-corrected chi connectivity index (χ4v) is 3.66. The number of furan rings is 1. The standard InChI is InChI=1S/C21H24N6O3/c1-13(22)11-29-20-4-3-19-24-10-16(27(19)25-20)18-9-15-17(30-18)5-6-23-21(15)26-7-8-28-12-14(26)2/h3-6,9-10,13-14H,7-8,11-12,22H2,1-2H3/t13-,14+/m1/s1. The lowest BCUT2D eigenvalue weighted by atomic mass is 10.2. The molecule has 0 aliphatic carbocycles. The molecule has 30 heavy (non-hydrogen) atoms. The number of fused-ring (bicyclic) bond motifs is 2. The summed E-state index contributed by atoms with van der Waals surface area (Å²) in [4.78, 5) is 11.3. The minimum Gasteiger partial charge on any atom is -0.475 e. The summed E-state index contributed by atoms with van der Waals surface area (Å²) in [6, 6.07) is 7.69. The number of pyridine rings is 1. The molecular weight excluding hydrogens is 384 g/mol. The molecule has 5 rings (SSSR count). The number of hydrogen-bond acceptors (Lipinski definition) is 8. The molecule has 1 fully saturated rings. The van der Waals surface area contributed by atoms with Crippen molar-refractivity contribution in [2.45, 2.75) is 25.9 Å². The van der Waals surface area contributed by atoms with E-state index in [9.17, 15) is 0 Å². The van der Waals surface area contributed by atoms with Crippen LogP contribution in [-0.2, 0) is 4.74 Å². The smallest absolute Gasteiger partial charge is 0.231 e. The number of morpholine rings is 1. The van der Waals surface area contributed by atoms with Crippen LogP contribution in [0.1, 0.15) is 13.8 Å². The zero-order valence-electron chi connectivity index (χ0n) is 17.0. The van der Waals surface area contributed by atoms with E-state index in [1.165, 1.54) is 0 Å². The van der Waals surface area contributed by atoms with Crippen LogP contribution in [0, 0.1) is 0 Å². The zero-order valence-corrected chi connectivity index (χ0v) is 17.0. The van der Waals surface area contributed by atoms with Crippen molar-refractivity contribution in [2.24, 2.45) is 5.73 Å². The van der Waals surface area contributed by atoms with Crippen LogP contribution in [0.25, 0.3) is 28.1 Å². The summed E-state index contributed by atoms with van der Waals surface area (Å²) in [5.41, 5.74) is 8.00. The molecule has 2 N–H and O–H groups in total. The maximum Gasteiger partial charge on any atom is 0.231 e. The molecule has 0 unspecified atom stereocenters. The summed E-state index contributed by atoms with van der Waals surface area (Å²) < 4.78 is 19.1. The Morgan fingerprint density at radius 3 is 3.03 bits per heavy atom. The van der Waals surface area contributed by atoms with E-state index in [2.05, 4.69) is 26.9 Å². The third-order valence-corrected chi connectivity index (χ3v) is 5.15. The molecule has 4 aromatic rings. The highest BCUT2D eigenvalue weighted by Crippen LogP contribution is 2.34. The van der Waals surface area contributed by atoms with Crippen LogP contribution < -0.4 is 15.4 Å². The second-order valence-electron chi connectivity index (χ2n) is 7.65. The average Bonchev–Trinajstić information content (AvgIpc) is 3.36. The van der Waals surface area contributed by atoms with Gasteiger partial charge >= 0.3 is 0 Å². The SMILES string of the molecule is C[C@@H](N)COc1ccc2ncc(-c3cc4c(N5CCOC[C@@H]5C)nccc4o3)n2n1. The Hall–Kier alpha value is -3.17. The minimum absolute atomic E-state index is 0.0753. The number of ether oxygens (including phenoxy) is 2. The van der Waals surface area contributed by atoms with E-state index in [-0.39, 0.29) is 12.1 Å². The zero-order chi connectivity index (χ0) is 20.7. The molecule has 2 atom stereocenters. The number of aromatic nitrogens is 4. The molecule has 9 heteroatoms. The lowest BCUT2D eigenvalue weighted by Crippen LogP contribution is -2.44. The van der Waals surface area contributed by atoms with E-state index in [4.69, 9.17) is 19.6 Å². The number of rotatable bonds is 5. The van der Waals surface area contributed by atoms with Crippen LogP contribution in [0.5, 0.6) is 5.88 Å². The Labute approximate surface area is 173 Å². The molecule has 9 nitrogen and oxygen atoms in total. The molecule has 1 saturated heterocycles. The van der Waals surface area contributed by atoms with Gasteiger partial charge in [-0.3, -0.25) is 0 Å². The summed E-state index contributed by atoms with van der Waals surface area (Å²) in [6.45, 7) is 6.58. The van der Waals surface area contributed by atoms with Gasteiger partial charge in [0.1, 0.15) is 23.7 Å². The van der Waals surface area contributed by atoms with Crippen molar-refractivity contribution in [3.8, 4) is 17.3 Å². The highest BCUT2D eigenvalue weighted by molar-refractivity contribution is 5.92. The second kappa shape index (κ2) is 7.58. The van der Waals surface area contributed by atoms with Crippen LogP contribution in [0.4, 0.5) is 5.82 Å². The highest BCUT2D eigenvalue weighted by atomic mass is 16.5. The number of anilines is 1. The first kappa shape index (κ1) is 18.8. The Morgan fingerprint density at radius 1 is 1.30 bits per heavy atom. The van der Waals surface area contributed by atoms with Crippen molar-refractivity contribution >= 4 is 22.4 Å². The highest BCUT2D eigenvalue weighted by Gasteiger charge is 2.24. The third kappa shape index (κ3) is 3.35. The summed E-state index contributed by atoms with van der Waals surface area (Å²) in [6.07, 6.45) is 3.53. The van der Waals surface area contributed by atoms with Gasteiger partial charge in [-0.05, 0) is 32.0 Å². The van der Waals surface area contributed by atoms with Gasteiger partial charge in [0.05, 0.1) is 30.8 Å². The Bertz CT molecular complexity index is 1180. The Balaban J connectivity index is 1.55. The first-order chi connectivity index (χ1) is 14.6. The van der Waals surface area contributed by atoms with Gasteiger partial charge in [0, 0.05) is 24.8 Å². The van der Waals surface area contributed by atoms with Crippen LogP contribution in [0.15, 0.2) is 41.1 Å². The molecule has 0 spiro atoms. The van der Waals surface area contributed by atoms with E-state index < -0.39 is 0 Å². The van der Waals surface area contributed by atoms with Gasteiger partial charge in [-0.25, -0.2) is 14.5 Å². The molecule has 0 radical (unpaired) electrons. The topological polar surface area (TPSA) is 104 Å². The van der Waals surface area contributed by atoms with Crippen molar-refractivity contribution in [1.29, 1.82) is 0 Å². The fourth-order valence-electron chi connectivity index (χ4n) is 3.66. The van der Waals surface area contributed by atoms with Crippen molar-refractivity contribution in [1.82, 2.24) is 19.6 Å². The van der Waals surface area contributed by atoms with Crippen LogP contribution in [0.2, 0.25) is 0 Å². The number of imidazole rings is 1. The van der Waals surface area contributed by atoms with Crippen molar-refractivity contribution in [3.05, 3.63) is 36.7 Å². The first-order valence-corrected chi connectivity index (χ1v) is 10.1. The minimum atomic E-state index is -0.0753. The van der Waals surface area contributed by atoms with E-state index in [0.717, 1.165) is 29.0 Å². The summed E-state index contributed by atoms with van der Waals surface area (Å²) in [7, 11) is 0. The molecule has 1 aliphatic rings. The van der Waals surface area contributed by atoms with Crippen molar-refractivity contribution in [3.63, 3.8) is 0 Å². The molecule has 0 saturated carbocycles. The normalized spacial score (nSPS) is 18.2. The third-order valence-electron chi connectivity index (χ3n) is 5.15. The Morgan fingerprint density at radius 2 is 2.20 bits per heavy atom. The van der Waals surface area contributed by atoms with Gasteiger partial charge in [-0.15, -0.1) is 5.10 Å². The number of nitrogens with zero attached hydrogens (tertiary/aromatic N) is 5. The summed E-state index contributed by atoms with van der Waals surface area (Å²) in [5.74, 6) is 2.06. The van der Waals surface area contributed by atoms with Gasteiger partial charge in [0.15, 0.2) is 11.4 Å². The van der Waals surface area contributed by atoms with Gasteiger partial charge in [-0.1, -0.05) is 0 Å². The molecule has 4 aromatic heterocycles. The quantitative estimate of drug-likeness (QED) is 0.537. The predicted octanol–water partition coefficient (Wildman–Crippen LogP) is 2.49. The van der Waals surface area contributed by atoms with Crippen LogP contribution in [0.3, 0.4) is 0 Å². The molecule has 5 heterocycles. The number of hydrogen-bond donors (Lipinski definition) is 1. The van der Waals surface area contributed by atoms with Gasteiger partial charge in [0.25, 0.3) is 0 Å². The monoisotopic (exact) mass is 408 g/mol. The van der Waals surface area contributed by atoms with E-state index in [1.807, 2.05) is 25.1 Å². The predicted molar refractivity (Wildman–Crippen MR) is 113 cm³/mol. The molecule has 156 valence electrons. The summed E-state index contributed by atoms with van der Waals surface area (Å²) >= 11 is 0. The lowest BCUT2D eigenvalue weighted by molar-refractivity contribution is 0.0987. The van der Waals surface area contributed by atoms with Crippen molar-refractivity contribution in [2.75, 3.05) is 31.3 Å². The lowest BCUT2D eigenvalue weighted by Gasteiger charge is -2.34. The fraction of sp³-hybridized carbons (Fsp3) is 0.381. The largest absolute Gasteiger partial charge is 0.475 e. The second-order valence-corrected chi connectivity index (χ2v) is 7.65. The maximum atomic E-state index is 6.17. The van der Waals surface area contributed by atoms with Gasteiger partial charge < -0.3 is 24.5 Å². The van der Waals surface area contributed by atoms with E-state index in [0.29, 0.717) is 37.1 Å². The van der Waals surface area contributed by atoms with Crippen LogP contribution in [-0.4, -0.2) is 58.0 Å². The number of nitrogens with two attached hydrogens (primary N) is 1. The van der Waals surface area contributed by atoms with Crippen molar-refractivity contribution < 1.29 is 13.9 Å². The Kier molecular flexibility index (Phi) is 4.76.